The Kier molecular flexibility index (Phi) is 39.0. The van der Waals surface area contributed by atoms with E-state index in [2.05, 4.69) is 26.0 Å². The molecule has 0 amide bonds. The van der Waals surface area contributed by atoms with Gasteiger partial charge in [0.05, 0.1) is 26.4 Å². The van der Waals surface area contributed by atoms with Gasteiger partial charge in [0.25, 0.3) is 0 Å². The summed E-state index contributed by atoms with van der Waals surface area (Å²) >= 11 is 0. The Bertz CT molecular complexity index is 915. The second-order valence-corrected chi connectivity index (χ2v) is 16.5. The Morgan fingerprint density at radius 3 is 1.06 bits per heavy atom. The topological polar surface area (TPSA) is 149 Å². The van der Waals surface area contributed by atoms with Crippen molar-refractivity contribution in [3.05, 3.63) is 12.2 Å². The van der Waals surface area contributed by atoms with Crippen molar-refractivity contribution in [1.29, 1.82) is 0 Å². The molecule has 0 saturated heterocycles. The maximum absolute atomic E-state index is 12.4. The van der Waals surface area contributed by atoms with Crippen LogP contribution in [-0.2, 0) is 32.7 Å². The molecule has 3 N–H and O–H groups in total. The first-order chi connectivity index (χ1) is 26.3. The summed E-state index contributed by atoms with van der Waals surface area (Å²) in [7, 11) is -4.63. The Balaban J connectivity index is 3.89. The number of phosphoric ester groups is 1. The van der Waals surface area contributed by atoms with E-state index >= 15 is 0 Å². The number of esters is 2. The first-order valence-electron chi connectivity index (χ1n) is 22.1. The van der Waals surface area contributed by atoms with Gasteiger partial charge in [-0.2, -0.15) is 0 Å². The lowest BCUT2D eigenvalue weighted by Gasteiger charge is -2.20. The summed E-state index contributed by atoms with van der Waals surface area (Å²) in [4.78, 5) is 34.5. The van der Waals surface area contributed by atoms with Crippen LogP contribution < -0.4 is 0 Å². The molecule has 0 spiro atoms. The summed E-state index contributed by atoms with van der Waals surface area (Å²) in [5.41, 5.74) is 0. The van der Waals surface area contributed by atoms with Gasteiger partial charge in [0.2, 0.25) is 0 Å². The average Bonchev–Trinajstić information content (AvgIpc) is 3.16. The quantitative estimate of drug-likeness (QED) is 0.0236. The van der Waals surface area contributed by atoms with E-state index in [-0.39, 0.29) is 12.8 Å². The lowest BCUT2D eigenvalue weighted by molar-refractivity contribution is -0.153. The number of allylic oxidation sites excluding steroid dienone is 2. The molecule has 11 heteroatoms. The molecule has 0 rings (SSSR count). The van der Waals surface area contributed by atoms with Gasteiger partial charge in [-0.15, -0.1) is 0 Å². The third kappa shape index (κ3) is 37.6. The van der Waals surface area contributed by atoms with Gasteiger partial charge in [-0.3, -0.25) is 18.6 Å². The molecule has 0 bridgehead atoms. The molecule has 10 nitrogen and oxygen atoms in total. The second kappa shape index (κ2) is 39.9. The number of aliphatic hydroxyl groups is 2. The maximum Gasteiger partial charge on any atom is 0.472 e. The highest BCUT2D eigenvalue weighted by atomic mass is 31.2. The second-order valence-electron chi connectivity index (χ2n) is 15.0. The fourth-order valence-corrected chi connectivity index (χ4v) is 7.07. The number of unbranched alkanes of at least 4 members (excludes halogenated alkanes) is 26. The van der Waals surface area contributed by atoms with Crippen LogP contribution in [0.3, 0.4) is 0 Å². The van der Waals surface area contributed by atoms with Gasteiger partial charge >= 0.3 is 19.8 Å². The molecule has 0 aromatic heterocycles. The van der Waals surface area contributed by atoms with E-state index < -0.39 is 58.4 Å². The van der Waals surface area contributed by atoms with Crippen molar-refractivity contribution in [3.8, 4) is 0 Å². The molecule has 0 radical (unpaired) electrons. The molecule has 54 heavy (non-hydrogen) atoms. The molecule has 320 valence electrons. The van der Waals surface area contributed by atoms with Crippen molar-refractivity contribution < 1.29 is 47.8 Å². The molecule has 3 atom stereocenters. The lowest BCUT2D eigenvalue weighted by Crippen LogP contribution is -2.28. The van der Waals surface area contributed by atoms with Crippen molar-refractivity contribution in [2.24, 2.45) is 0 Å². The summed E-state index contributed by atoms with van der Waals surface area (Å²) in [5.74, 6) is -1.02. The molecule has 0 aliphatic carbocycles. The van der Waals surface area contributed by atoms with Crippen LogP contribution >= 0.6 is 7.82 Å². The van der Waals surface area contributed by atoms with Gasteiger partial charge in [-0.1, -0.05) is 174 Å². The summed E-state index contributed by atoms with van der Waals surface area (Å²) in [5, 5.41) is 19.2. The van der Waals surface area contributed by atoms with Gasteiger partial charge in [-0.05, 0) is 38.5 Å². The van der Waals surface area contributed by atoms with Crippen molar-refractivity contribution >= 4 is 19.8 Å². The minimum Gasteiger partial charge on any atom is -0.457 e. The van der Waals surface area contributed by atoms with E-state index in [1.165, 1.54) is 116 Å². The van der Waals surface area contributed by atoms with Crippen molar-refractivity contribution in [2.45, 2.75) is 225 Å². The molecule has 0 aromatic carbocycles. The number of hydrogen-bond donors (Lipinski definition) is 3. The molecule has 0 heterocycles. The number of aliphatic hydroxyl groups excluding tert-OH is 2. The summed E-state index contributed by atoms with van der Waals surface area (Å²) in [6, 6.07) is 0. The highest BCUT2D eigenvalue weighted by Gasteiger charge is 2.27. The summed E-state index contributed by atoms with van der Waals surface area (Å²) in [6.07, 6.45) is 37.5. The lowest BCUT2D eigenvalue weighted by atomic mass is 10.0. The van der Waals surface area contributed by atoms with Gasteiger partial charge < -0.3 is 24.6 Å². The fraction of sp³-hybridized carbons (Fsp3) is 0.907. The van der Waals surface area contributed by atoms with Crippen LogP contribution in [0.15, 0.2) is 12.2 Å². The number of rotatable bonds is 42. The van der Waals surface area contributed by atoms with Gasteiger partial charge in [0.1, 0.15) is 12.2 Å². The molecule has 0 aromatic rings. The van der Waals surface area contributed by atoms with Crippen molar-refractivity contribution in [3.63, 3.8) is 0 Å². The van der Waals surface area contributed by atoms with Crippen LogP contribution in [0, 0.1) is 0 Å². The van der Waals surface area contributed by atoms with Crippen LogP contribution in [0.5, 0.6) is 0 Å². The highest BCUT2D eigenvalue weighted by Crippen LogP contribution is 2.43. The standard InChI is InChI=1S/C43H83O10P/c1-3-5-7-9-11-13-15-17-19-20-21-23-25-27-29-31-33-35-43(47)53-41(37-45)39-51-54(48,49)50-38-40(36-44)52-42(46)34-32-30-28-26-24-22-18-16-14-12-10-8-6-4-2/h16,18,40-41,44-45H,3-15,17,19-39H2,1-2H3,(H,48,49)/b18-16-. The first-order valence-corrected chi connectivity index (χ1v) is 23.6. The predicted octanol–water partition coefficient (Wildman–Crippen LogP) is 11.6. The SMILES string of the molecule is CCCCCCC/C=C\CCCCCCCC(=O)OC(CO)COP(=O)(O)OCC(CO)OC(=O)CCCCCCCCCCCCCCCCCCC. The minimum absolute atomic E-state index is 0.185. The number of ether oxygens (including phenoxy) is 2. The Labute approximate surface area is 330 Å². The fourth-order valence-electron chi connectivity index (χ4n) is 6.29. The van der Waals surface area contributed by atoms with E-state index in [1.807, 2.05) is 0 Å². The third-order valence-corrected chi connectivity index (χ3v) is 10.7. The maximum atomic E-state index is 12.4. The summed E-state index contributed by atoms with van der Waals surface area (Å²) < 4.78 is 32.6. The number of carbonyl (C=O) groups excluding carboxylic acids is 2. The van der Waals surface area contributed by atoms with Gasteiger partial charge in [0, 0.05) is 12.8 Å². The Morgan fingerprint density at radius 1 is 0.481 bits per heavy atom. The Morgan fingerprint density at radius 2 is 0.759 bits per heavy atom. The van der Waals surface area contributed by atoms with E-state index in [0.717, 1.165) is 57.8 Å². The number of hydrogen-bond acceptors (Lipinski definition) is 9. The Hall–Kier alpha value is -1.29. The normalized spacial score (nSPS) is 13.9. The van der Waals surface area contributed by atoms with Gasteiger partial charge in [0.15, 0.2) is 0 Å². The first kappa shape index (κ1) is 52.7. The van der Waals surface area contributed by atoms with Crippen LogP contribution in [0.2, 0.25) is 0 Å². The molecule has 0 fully saturated rings. The molecular weight excluding hydrogens is 707 g/mol. The predicted molar refractivity (Wildman–Crippen MR) is 219 cm³/mol. The third-order valence-electron chi connectivity index (χ3n) is 9.73. The number of carbonyl (C=O) groups is 2. The van der Waals surface area contributed by atoms with Crippen LogP contribution in [0.4, 0.5) is 0 Å². The van der Waals surface area contributed by atoms with Crippen molar-refractivity contribution in [2.75, 3.05) is 26.4 Å². The zero-order valence-corrected chi connectivity index (χ0v) is 35.6. The van der Waals surface area contributed by atoms with E-state index in [4.69, 9.17) is 18.5 Å². The minimum atomic E-state index is -4.63. The molecule has 0 aliphatic rings. The van der Waals surface area contributed by atoms with E-state index in [0.29, 0.717) is 12.8 Å². The summed E-state index contributed by atoms with van der Waals surface area (Å²) in [6.45, 7) is 2.22. The molecule has 0 saturated carbocycles. The molecule has 3 unspecified atom stereocenters. The van der Waals surface area contributed by atoms with Crippen molar-refractivity contribution in [1.82, 2.24) is 0 Å². The molecule has 0 aliphatic heterocycles. The highest BCUT2D eigenvalue weighted by molar-refractivity contribution is 7.47. The van der Waals surface area contributed by atoms with Crippen LogP contribution in [-0.4, -0.2) is 65.7 Å². The monoisotopic (exact) mass is 791 g/mol. The van der Waals surface area contributed by atoms with E-state index in [1.54, 1.807) is 0 Å². The van der Waals surface area contributed by atoms with Gasteiger partial charge in [-0.25, -0.2) is 4.57 Å². The van der Waals surface area contributed by atoms with Crippen LogP contribution in [0.25, 0.3) is 0 Å². The van der Waals surface area contributed by atoms with Crippen LogP contribution in [0.1, 0.15) is 213 Å². The largest absolute Gasteiger partial charge is 0.472 e. The zero-order valence-electron chi connectivity index (χ0n) is 34.7. The smallest absolute Gasteiger partial charge is 0.457 e. The average molecular weight is 791 g/mol. The number of phosphoric acid groups is 1. The molecular formula is C43H83O10P. The zero-order chi connectivity index (χ0) is 39.8. The van der Waals surface area contributed by atoms with E-state index in [9.17, 15) is 29.3 Å².